The van der Waals surface area contributed by atoms with Crippen LogP contribution in [0, 0.1) is 13.8 Å². The minimum absolute atomic E-state index is 0.392. The highest BCUT2D eigenvalue weighted by Gasteiger charge is 2.11. The molecule has 0 aliphatic carbocycles. The molecule has 3 rings (SSSR count). The summed E-state index contributed by atoms with van der Waals surface area (Å²) in [6, 6.07) is 7.45. The summed E-state index contributed by atoms with van der Waals surface area (Å²) in [6.45, 7) is 4.28. The molecule has 0 aliphatic rings. The van der Waals surface area contributed by atoms with Crippen molar-refractivity contribution in [3.8, 4) is 22.8 Å². The molecule has 0 saturated carbocycles. The molecule has 3 aromatic rings. The van der Waals surface area contributed by atoms with Crippen LogP contribution in [0.3, 0.4) is 0 Å². The second-order valence-corrected chi connectivity index (χ2v) is 5.65. The van der Waals surface area contributed by atoms with Gasteiger partial charge in [-0.3, -0.25) is 0 Å². The fourth-order valence-corrected chi connectivity index (χ4v) is 2.55. The van der Waals surface area contributed by atoms with Gasteiger partial charge in [-0.15, -0.1) is 5.10 Å². The van der Waals surface area contributed by atoms with E-state index >= 15 is 0 Å². The Morgan fingerprint density at radius 3 is 2.42 bits per heavy atom. The number of aryl methyl sites for hydroxylation is 2. The topological polar surface area (TPSA) is 94.9 Å². The van der Waals surface area contributed by atoms with Crippen molar-refractivity contribution in [3.63, 3.8) is 0 Å². The van der Waals surface area contributed by atoms with Gasteiger partial charge in [-0.2, -0.15) is 5.10 Å². The summed E-state index contributed by atoms with van der Waals surface area (Å²) in [5.74, 6) is 2.42. The van der Waals surface area contributed by atoms with Crippen molar-refractivity contribution in [3.05, 3.63) is 47.7 Å². The van der Waals surface area contributed by atoms with Gasteiger partial charge in [0.25, 0.3) is 0 Å². The number of aromatic nitrogens is 5. The largest absolute Gasteiger partial charge is 0.497 e. The third-order valence-corrected chi connectivity index (χ3v) is 3.68. The Kier molecular flexibility index (Phi) is 5.21. The molecule has 0 aliphatic heterocycles. The maximum atomic E-state index is 5.43. The summed E-state index contributed by atoms with van der Waals surface area (Å²) in [7, 11) is 3.21. The van der Waals surface area contributed by atoms with Crippen molar-refractivity contribution < 1.29 is 9.47 Å². The van der Waals surface area contributed by atoms with Gasteiger partial charge in [-0.1, -0.05) is 0 Å². The lowest BCUT2D eigenvalue weighted by Crippen LogP contribution is -2.09. The van der Waals surface area contributed by atoms with E-state index in [9.17, 15) is 0 Å². The molecule has 1 N–H and O–H groups in total. The zero-order valence-corrected chi connectivity index (χ0v) is 15.1. The minimum atomic E-state index is 0.392. The lowest BCUT2D eigenvalue weighted by Gasteiger charge is -2.10. The molecular formula is C18H20N6O2. The van der Waals surface area contributed by atoms with E-state index in [0.29, 0.717) is 35.5 Å². The Balaban J connectivity index is 1.82. The molecule has 8 nitrogen and oxygen atoms in total. The standard InChI is InChI=1S/C18H20N6O2/c1-11-7-12(2)22-17(21-11)10-19-18-23-15(9-20-24-18)14-6-5-13(25-3)8-16(14)26-4/h5-9H,10H2,1-4H3,(H,19,23,24). The van der Waals surface area contributed by atoms with Gasteiger partial charge in [0.2, 0.25) is 5.95 Å². The molecule has 0 unspecified atom stereocenters. The average Bonchev–Trinajstić information content (AvgIpc) is 2.65. The Labute approximate surface area is 151 Å². The molecule has 0 radical (unpaired) electrons. The highest BCUT2D eigenvalue weighted by Crippen LogP contribution is 2.32. The predicted octanol–water partition coefficient (Wildman–Crippen LogP) is 2.57. The minimum Gasteiger partial charge on any atom is -0.497 e. The Morgan fingerprint density at radius 2 is 1.73 bits per heavy atom. The maximum absolute atomic E-state index is 5.43. The smallest absolute Gasteiger partial charge is 0.243 e. The van der Waals surface area contributed by atoms with Gasteiger partial charge >= 0.3 is 0 Å². The van der Waals surface area contributed by atoms with Crippen molar-refractivity contribution in [2.45, 2.75) is 20.4 Å². The van der Waals surface area contributed by atoms with Gasteiger partial charge in [0.05, 0.1) is 32.7 Å². The first kappa shape index (κ1) is 17.5. The molecule has 1 aromatic carbocycles. The van der Waals surface area contributed by atoms with E-state index in [1.54, 1.807) is 26.5 Å². The van der Waals surface area contributed by atoms with Crippen LogP contribution in [0.15, 0.2) is 30.5 Å². The molecule has 2 aromatic heterocycles. The SMILES string of the molecule is COc1ccc(-c2cnnc(NCc3nc(C)cc(C)n3)n2)c(OC)c1. The molecule has 0 bridgehead atoms. The summed E-state index contributed by atoms with van der Waals surface area (Å²) < 4.78 is 10.7. The molecule has 0 saturated heterocycles. The first-order valence-corrected chi connectivity index (χ1v) is 8.06. The van der Waals surface area contributed by atoms with Gasteiger partial charge in [0, 0.05) is 23.0 Å². The number of hydrogen-bond acceptors (Lipinski definition) is 8. The van der Waals surface area contributed by atoms with Crippen LogP contribution in [0.5, 0.6) is 11.5 Å². The van der Waals surface area contributed by atoms with E-state index in [1.165, 1.54) is 0 Å². The third kappa shape index (κ3) is 4.02. The van der Waals surface area contributed by atoms with E-state index in [4.69, 9.17) is 9.47 Å². The number of hydrogen-bond donors (Lipinski definition) is 1. The monoisotopic (exact) mass is 352 g/mol. The summed E-state index contributed by atoms with van der Waals surface area (Å²) in [4.78, 5) is 13.3. The van der Waals surface area contributed by atoms with Crippen molar-refractivity contribution in [2.75, 3.05) is 19.5 Å². The Hall–Kier alpha value is -3.29. The van der Waals surface area contributed by atoms with Crippen LogP contribution >= 0.6 is 0 Å². The highest BCUT2D eigenvalue weighted by atomic mass is 16.5. The molecule has 0 spiro atoms. The van der Waals surface area contributed by atoms with Gasteiger partial charge in [-0.25, -0.2) is 15.0 Å². The third-order valence-electron chi connectivity index (χ3n) is 3.68. The van der Waals surface area contributed by atoms with Crippen LogP contribution in [0.1, 0.15) is 17.2 Å². The van der Waals surface area contributed by atoms with Crippen molar-refractivity contribution in [2.24, 2.45) is 0 Å². The summed E-state index contributed by atoms with van der Waals surface area (Å²) in [5, 5.41) is 11.2. The highest BCUT2D eigenvalue weighted by molar-refractivity contribution is 5.68. The molecule has 26 heavy (non-hydrogen) atoms. The van der Waals surface area contributed by atoms with Crippen molar-refractivity contribution in [1.29, 1.82) is 0 Å². The molecule has 0 amide bonds. The number of rotatable bonds is 6. The van der Waals surface area contributed by atoms with Gasteiger partial charge in [0.15, 0.2) is 0 Å². The van der Waals surface area contributed by atoms with E-state index in [0.717, 1.165) is 17.0 Å². The molecule has 2 heterocycles. The normalized spacial score (nSPS) is 10.5. The molecular weight excluding hydrogens is 332 g/mol. The van der Waals surface area contributed by atoms with Crippen LogP contribution in [0.2, 0.25) is 0 Å². The molecule has 0 fully saturated rings. The fourth-order valence-electron chi connectivity index (χ4n) is 2.55. The van der Waals surface area contributed by atoms with Crippen LogP contribution in [0.25, 0.3) is 11.3 Å². The zero-order chi connectivity index (χ0) is 18.5. The number of nitrogens with zero attached hydrogens (tertiary/aromatic N) is 5. The van der Waals surface area contributed by atoms with Crippen LogP contribution < -0.4 is 14.8 Å². The average molecular weight is 352 g/mol. The van der Waals surface area contributed by atoms with Crippen molar-refractivity contribution >= 4 is 5.95 Å². The molecule has 8 heteroatoms. The number of anilines is 1. The van der Waals surface area contributed by atoms with Crippen LogP contribution in [0.4, 0.5) is 5.95 Å². The maximum Gasteiger partial charge on any atom is 0.243 e. The first-order valence-electron chi connectivity index (χ1n) is 8.06. The van der Waals surface area contributed by atoms with Crippen molar-refractivity contribution in [1.82, 2.24) is 25.1 Å². The number of nitrogens with one attached hydrogen (secondary N) is 1. The Morgan fingerprint density at radius 1 is 0.962 bits per heavy atom. The van der Waals surface area contributed by atoms with E-state index in [-0.39, 0.29) is 0 Å². The van der Waals surface area contributed by atoms with Crippen LogP contribution in [-0.2, 0) is 6.54 Å². The number of benzene rings is 1. The summed E-state index contributed by atoms with van der Waals surface area (Å²) >= 11 is 0. The van der Waals surface area contributed by atoms with E-state index in [1.807, 2.05) is 32.0 Å². The lowest BCUT2D eigenvalue weighted by molar-refractivity contribution is 0.395. The fraction of sp³-hybridized carbons (Fsp3) is 0.278. The van der Waals surface area contributed by atoms with E-state index in [2.05, 4.69) is 30.5 Å². The predicted molar refractivity (Wildman–Crippen MR) is 97.2 cm³/mol. The van der Waals surface area contributed by atoms with Gasteiger partial charge in [-0.05, 0) is 32.0 Å². The van der Waals surface area contributed by atoms with Gasteiger partial charge in [0.1, 0.15) is 17.3 Å². The van der Waals surface area contributed by atoms with Gasteiger partial charge < -0.3 is 14.8 Å². The lowest BCUT2D eigenvalue weighted by atomic mass is 10.1. The molecule has 134 valence electrons. The first-order chi connectivity index (χ1) is 12.6. The second-order valence-electron chi connectivity index (χ2n) is 5.65. The number of ether oxygens (including phenoxy) is 2. The number of methoxy groups -OCH3 is 2. The summed E-state index contributed by atoms with van der Waals surface area (Å²) in [6.07, 6.45) is 1.59. The van der Waals surface area contributed by atoms with E-state index < -0.39 is 0 Å². The zero-order valence-electron chi connectivity index (χ0n) is 15.1. The quantitative estimate of drug-likeness (QED) is 0.723. The Bertz CT molecular complexity index is 896. The molecule has 0 atom stereocenters. The van der Waals surface area contributed by atoms with Crippen LogP contribution in [-0.4, -0.2) is 39.4 Å². The second kappa shape index (κ2) is 7.73. The summed E-state index contributed by atoms with van der Waals surface area (Å²) in [5.41, 5.74) is 3.28.